The molecule has 0 radical (unpaired) electrons. The van der Waals surface area contributed by atoms with Crippen LogP contribution < -0.4 is 5.32 Å². The van der Waals surface area contributed by atoms with E-state index in [0.29, 0.717) is 5.56 Å². The molecule has 8 rings (SSSR count). The van der Waals surface area contributed by atoms with Crippen molar-refractivity contribution in [1.29, 1.82) is 5.26 Å². The number of nitriles is 1. The molecule has 3 N–H and O–H groups in total. The Bertz CT molecular complexity index is 1940. The maximum atomic E-state index is 16.6. The summed E-state index contributed by atoms with van der Waals surface area (Å²) in [5, 5.41) is 25.5. The summed E-state index contributed by atoms with van der Waals surface area (Å²) in [6.07, 6.45) is 4.70. The first kappa shape index (κ1) is 26.1. The van der Waals surface area contributed by atoms with E-state index in [1.54, 1.807) is 12.1 Å². The number of carboxylic acid groups (broad SMARTS) is 1. The maximum Gasteiger partial charge on any atom is 0.308 e. The fourth-order valence-corrected chi connectivity index (χ4v) is 7.10. The van der Waals surface area contributed by atoms with Crippen molar-refractivity contribution in [1.82, 2.24) is 9.97 Å². The highest BCUT2D eigenvalue weighted by Crippen LogP contribution is 2.47. The molecule has 0 amide bonds. The third-order valence-corrected chi connectivity index (χ3v) is 9.06. The summed E-state index contributed by atoms with van der Waals surface area (Å²) in [5.41, 5.74) is 0.595. The van der Waals surface area contributed by atoms with Crippen molar-refractivity contribution in [2.45, 2.75) is 31.7 Å². The maximum absolute atomic E-state index is 16.6. The molecule has 9 heteroatoms. The van der Waals surface area contributed by atoms with Crippen LogP contribution in [0.15, 0.2) is 60.8 Å². The minimum Gasteiger partial charge on any atom is -0.481 e. The van der Waals surface area contributed by atoms with Crippen LogP contribution in [0.3, 0.4) is 0 Å². The highest BCUT2D eigenvalue weighted by Gasteiger charge is 2.47. The smallest absolute Gasteiger partial charge is 0.308 e. The van der Waals surface area contributed by atoms with Crippen LogP contribution >= 0.6 is 0 Å². The van der Waals surface area contributed by atoms with E-state index in [9.17, 15) is 23.9 Å². The minimum absolute atomic E-state index is 0.0187. The molecular formula is C33H25F3N4O2. The molecule has 42 heavy (non-hydrogen) atoms. The van der Waals surface area contributed by atoms with Crippen molar-refractivity contribution in [3.05, 3.63) is 83.8 Å². The van der Waals surface area contributed by atoms with E-state index in [1.165, 1.54) is 6.20 Å². The predicted molar refractivity (Wildman–Crippen MR) is 153 cm³/mol. The predicted octanol–water partition coefficient (Wildman–Crippen LogP) is 7.64. The normalized spacial score (nSPS) is 21.5. The quantitative estimate of drug-likeness (QED) is 0.203. The average Bonchev–Trinajstić information content (AvgIpc) is 3.42. The first-order chi connectivity index (χ1) is 20.3. The fourth-order valence-electron chi connectivity index (χ4n) is 7.10. The van der Waals surface area contributed by atoms with Crippen LogP contribution in [0.4, 0.5) is 19.0 Å². The number of benzene rings is 3. The highest BCUT2D eigenvalue weighted by atomic mass is 19.1. The van der Waals surface area contributed by atoms with Gasteiger partial charge in [0.05, 0.1) is 22.7 Å². The zero-order valence-electron chi connectivity index (χ0n) is 22.3. The summed E-state index contributed by atoms with van der Waals surface area (Å²) < 4.78 is 45.6. The second kappa shape index (κ2) is 9.91. The van der Waals surface area contributed by atoms with Gasteiger partial charge in [0.2, 0.25) is 0 Å². The number of anilines is 1. The zero-order valence-corrected chi connectivity index (χ0v) is 22.3. The summed E-state index contributed by atoms with van der Waals surface area (Å²) >= 11 is 0. The second-order valence-corrected chi connectivity index (χ2v) is 11.3. The lowest BCUT2D eigenvalue weighted by Gasteiger charge is -2.47. The van der Waals surface area contributed by atoms with E-state index in [4.69, 9.17) is 0 Å². The van der Waals surface area contributed by atoms with E-state index >= 15 is 4.39 Å². The Hall–Kier alpha value is -4.84. The Morgan fingerprint density at radius 3 is 2.48 bits per heavy atom. The van der Waals surface area contributed by atoms with E-state index in [1.807, 2.05) is 30.3 Å². The van der Waals surface area contributed by atoms with Gasteiger partial charge >= 0.3 is 5.97 Å². The van der Waals surface area contributed by atoms with Crippen LogP contribution in [0.2, 0.25) is 0 Å². The number of halogens is 3. The summed E-state index contributed by atoms with van der Waals surface area (Å²) in [6.45, 7) is 0. The first-order valence-electron chi connectivity index (χ1n) is 13.9. The van der Waals surface area contributed by atoms with Gasteiger partial charge in [0, 0.05) is 34.8 Å². The summed E-state index contributed by atoms with van der Waals surface area (Å²) in [6, 6.07) is 16.3. The van der Waals surface area contributed by atoms with Gasteiger partial charge in [-0.3, -0.25) is 4.79 Å². The molecule has 2 aromatic heterocycles. The van der Waals surface area contributed by atoms with Crippen LogP contribution in [0.1, 0.15) is 31.2 Å². The molecule has 3 fully saturated rings. The van der Waals surface area contributed by atoms with Crippen molar-refractivity contribution in [3.8, 4) is 28.5 Å². The van der Waals surface area contributed by atoms with Gasteiger partial charge in [-0.05, 0) is 66.0 Å². The van der Waals surface area contributed by atoms with Crippen molar-refractivity contribution in [2.75, 3.05) is 5.32 Å². The molecule has 6 nitrogen and oxygen atoms in total. The Labute approximate surface area is 238 Å². The van der Waals surface area contributed by atoms with E-state index in [0.717, 1.165) is 48.6 Å². The summed E-state index contributed by atoms with van der Waals surface area (Å²) in [7, 11) is 0. The number of nitrogens with one attached hydrogen (secondary N) is 2. The lowest BCUT2D eigenvalue weighted by atomic mass is 9.61. The second-order valence-electron chi connectivity index (χ2n) is 11.3. The van der Waals surface area contributed by atoms with Gasteiger partial charge in [-0.25, -0.2) is 18.2 Å². The molecule has 5 aromatic rings. The van der Waals surface area contributed by atoms with Crippen molar-refractivity contribution in [2.24, 2.45) is 17.8 Å². The van der Waals surface area contributed by atoms with Gasteiger partial charge in [0.25, 0.3) is 0 Å². The molecule has 2 heterocycles. The van der Waals surface area contributed by atoms with Crippen LogP contribution in [-0.4, -0.2) is 27.1 Å². The third-order valence-electron chi connectivity index (χ3n) is 9.06. The number of aliphatic carboxylic acids is 1. The lowest BCUT2D eigenvalue weighted by Crippen LogP contribution is -2.51. The number of hydrogen-bond acceptors (Lipinski definition) is 4. The molecule has 0 unspecified atom stereocenters. The van der Waals surface area contributed by atoms with E-state index < -0.39 is 35.4 Å². The molecule has 0 saturated heterocycles. The highest BCUT2D eigenvalue weighted by molar-refractivity contribution is 5.99. The molecule has 3 aromatic carbocycles. The Balaban J connectivity index is 1.48. The number of nitrogens with zero attached hydrogens (tertiary/aromatic N) is 2. The number of aromatic nitrogens is 2. The van der Waals surface area contributed by atoms with Gasteiger partial charge in [-0.2, -0.15) is 5.26 Å². The SMILES string of the molecule is N#Cc1c(-c2c[nH]c3c(F)cc(F)cc23)nc(N[C@@H]2C3CCC(CC3)[C@H]2C(=O)O)c(F)c1-c1ccc2ccccc2c1. The van der Waals surface area contributed by atoms with Crippen molar-refractivity contribution in [3.63, 3.8) is 0 Å². The van der Waals surface area contributed by atoms with Gasteiger partial charge in [-0.15, -0.1) is 0 Å². The van der Waals surface area contributed by atoms with Crippen molar-refractivity contribution < 1.29 is 23.1 Å². The topological polar surface area (TPSA) is 102 Å². The zero-order chi connectivity index (χ0) is 29.1. The largest absolute Gasteiger partial charge is 0.481 e. The first-order valence-corrected chi connectivity index (χ1v) is 13.9. The van der Waals surface area contributed by atoms with Crippen LogP contribution in [0.25, 0.3) is 44.1 Å². The minimum atomic E-state index is -0.937. The molecule has 0 aliphatic heterocycles. The van der Waals surface area contributed by atoms with Gasteiger partial charge < -0.3 is 15.4 Å². The molecule has 3 aliphatic carbocycles. The number of carboxylic acids is 1. The molecule has 210 valence electrons. The Morgan fingerprint density at radius 2 is 1.74 bits per heavy atom. The molecular weight excluding hydrogens is 541 g/mol. The standard InChI is InChI=1S/C33H25F3N4O2/c34-21-12-22-24(15-38-31(22)25(35)13-21)30-23(14-37)26(20-10-5-16-3-1-2-4-19(16)11-20)28(36)32(40-30)39-29-18-8-6-17(7-9-18)27(29)33(41)42/h1-5,10-13,15,17-18,27,29,38H,6-9H2,(H,39,40)(H,41,42)/t17?,18?,27-,29-/m1/s1. The fraction of sp³-hybridized carbons (Fsp3) is 0.242. The van der Waals surface area contributed by atoms with Crippen LogP contribution in [0, 0.1) is 46.5 Å². The van der Waals surface area contributed by atoms with E-state index in [-0.39, 0.29) is 50.9 Å². The molecule has 3 aliphatic rings. The molecule has 2 atom stereocenters. The molecule has 2 bridgehead atoms. The number of aromatic amines is 1. The number of fused-ring (bicyclic) bond motifs is 5. The average molecular weight is 567 g/mol. The monoisotopic (exact) mass is 566 g/mol. The number of H-pyrrole nitrogens is 1. The summed E-state index contributed by atoms with van der Waals surface area (Å²) in [4.78, 5) is 19.7. The van der Waals surface area contributed by atoms with Gasteiger partial charge in [0.15, 0.2) is 11.6 Å². The molecule has 0 spiro atoms. The van der Waals surface area contributed by atoms with Crippen molar-refractivity contribution >= 4 is 33.5 Å². The number of hydrogen-bond donors (Lipinski definition) is 3. The lowest BCUT2D eigenvalue weighted by molar-refractivity contribution is -0.148. The number of carbonyl (C=O) groups is 1. The van der Waals surface area contributed by atoms with Gasteiger partial charge in [-0.1, -0.05) is 36.4 Å². The van der Waals surface area contributed by atoms with E-state index in [2.05, 4.69) is 21.4 Å². The number of rotatable bonds is 5. The Morgan fingerprint density at radius 1 is 1.00 bits per heavy atom. The summed E-state index contributed by atoms with van der Waals surface area (Å²) in [5.74, 6) is -4.24. The van der Waals surface area contributed by atoms with Crippen LogP contribution in [-0.2, 0) is 4.79 Å². The third kappa shape index (κ3) is 4.09. The number of pyridine rings is 1. The Kier molecular flexibility index (Phi) is 6.15. The van der Waals surface area contributed by atoms with Gasteiger partial charge in [0.1, 0.15) is 17.7 Å². The van der Waals surface area contributed by atoms with Crippen LogP contribution in [0.5, 0.6) is 0 Å². The molecule has 3 saturated carbocycles.